The maximum atomic E-state index is 11.3. The third-order valence-corrected chi connectivity index (χ3v) is 4.02. The molecule has 1 amide bonds. The van der Waals surface area contributed by atoms with Crippen LogP contribution in [0.4, 0.5) is 0 Å². The van der Waals surface area contributed by atoms with Gasteiger partial charge in [0.15, 0.2) is 0 Å². The average molecular weight is 261 g/mol. The fraction of sp³-hybridized carbons (Fsp3) is 0.562. The summed E-state index contributed by atoms with van der Waals surface area (Å²) in [5.74, 6) is 2.03. The quantitative estimate of drug-likeness (QED) is 0.820. The third-order valence-electron chi connectivity index (χ3n) is 4.02. The summed E-state index contributed by atoms with van der Waals surface area (Å²) in [7, 11) is 0. The van der Waals surface area contributed by atoms with E-state index in [0.29, 0.717) is 18.4 Å². The summed E-state index contributed by atoms with van der Waals surface area (Å²) in [5.41, 5.74) is 6.76. The molecule has 0 bridgehead atoms. The van der Waals surface area contributed by atoms with Crippen LogP contribution >= 0.6 is 0 Å². The summed E-state index contributed by atoms with van der Waals surface area (Å²) in [6, 6.07) is 8.33. The van der Waals surface area contributed by atoms with Gasteiger partial charge in [-0.1, -0.05) is 19.1 Å². The lowest BCUT2D eigenvalue weighted by Crippen LogP contribution is -2.23. The smallest absolute Gasteiger partial charge is 0.220 e. The van der Waals surface area contributed by atoms with Crippen LogP contribution in [0.5, 0.6) is 5.75 Å². The zero-order valence-electron chi connectivity index (χ0n) is 11.8. The minimum absolute atomic E-state index is 0.0395. The molecule has 1 aromatic carbocycles. The molecule has 2 rings (SSSR count). The van der Waals surface area contributed by atoms with Crippen molar-refractivity contribution in [2.75, 3.05) is 6.61 Å². The molecule has 1 saturated carbocycles. The van der Waals surface area contributed by atoms with E-state index in [9.17, 15) is 4.79 Å². The predicted octanol–water partition coefficient (Wildman–Crippen LogP) is 3.09. The van der Waals surface area contributed by atoms with E-state index in [0.717, 1.165) is 18.6 Å². The Morgan fingerprint density at radius 1 is 1.37 bits per heavy atom. The van der Waals surface area contributed by atoms with Crippen molar-refractivity contribution < 1.29 is 9.53 Å². The van der Waals surface area contributed by atoms with Gasteiger partial charge in [0, 0.05) is 5.92 Å². The number of benzene rings is 1. The second-order valence-electron chi connectivity index (χ2n) is 5.35. The van der Waals surface area contributed by atoms with Crippen LogP contribution in [0.1, 0.15) is 44.6 Å². The van der Waals surface area contributed by atoms with Crippen LogP contribution in [0.3, 0.4) is 0 Å². The van der Waals surface area contributed by atoms with Gasteiger partial charge >= 0.3 is 0 Å². The zero-order valence-corrected chi connectivity index (χ0v) is 11.8. The Balaban J connectivity index is 1.90. The average Bonchev–Trinajstić information content (AvgIpc) is 3.16. The van der Waals surface area contributed by atoms with E-state index < -0.39 is 0 Å². The molecule has 19 heavy (non-hydrogen) atoms. The summed E-state index contributed by atoms with van der Waals surface area (Å²) in [4.78, 5) is 11.3. The van der Waals surface area contributed by atoms with E-state index >= 15 is 0 Å². The Kier molecular flexibility index (Phi) is 4.46. The zero-order chi connectivity index (χ0) is 13.8. The highest BCUT2D eigenvalue weighted by Gasteiger charge is 2.40. The predicted molar refractivity (Wildman–Crippen MR) is 76.1 cm³/mol. The van der Waals surface area contributed by atoms with Gasteiger partial charge in [-0.05, 0) is 55.7 Å². The lowest BCUT2D eigenvalue weighted by Gasteiger charge is -2.10. The normalized spacial score (nSPS) is 22.8. The number of nitrogens with two attached hydrogens (primary N) is 1. The number of carbonyl (C=O) groups is 1. The van der Waals surface area contributed by atoms with Gasteiger partial charge < -0.3 is 10.5 Å². The molecule has 1 fully saturated rings. The molecule has 0 radical (unpaired) electrons. The Morgan fingerprint density at radius 2 is 2.05 bits per heavy atom. The van der Waals surface area contributed by atoms with Crippen LogP contribution in [0.2, 0.25) is 0 Å². The van der Waals surface area contributed by atoms with Gasteiger partial charge in [0.1, 0.15) is 5.75 Å². The summed E-state index contributed by atoms with van der Waals surface area (Å²) in [6.45, 7) is 4.71. The first kappa shape index (κ1) is 13.9. The summed E-state index contributed by atoms with van der Waals surface area (Å²) in [6.07, 6.45) is 2.96. The molecule has 3 atom stereocenters. The van der Waals surface area contributed by atoms with E-state index in [1.165, 1.54) is 12.0 Å². The number of hydrogen-bond donors (Lipinski definition) is 1. The first-order valence-electron chi connectivity index (χ1n) is 7.17. The lowest BCUT2D eigenvalue weighted by molar-refractivity contribution is -0.122. The van der Waals surface area contributed by atoms with Crippen LogP contribution < -0.4 is 10.5 Å². The van der Waals surface area contributed by atoms with Gasteiger partial charge in [0.05, 0.1) is 6.61 Å². The van der Waals surface area contributed by atoms with Crippen molar-refractivity contribution in [1.29, 1.82) is 0 Å². The van der Waals surface area contributed by atoms with E-state index in [2.05, 4.69) is 12.1 Å². The van der Waals surface area contributed by atoms with Crippen LogP contribution in [-0.4, -0.2) is 12.5 Å². The van der Waals surface area contributed by atoms with E-state index in [-0.39, 0.29) is 11.8 Å². The van der Waals surface area contributed by atoms with Crippen LogP contribution in [0.15, 0.2) is 24.3 Å². The number of amides is 1. The van der Waals surface area contributed by atoms with Crippen molar-refractivity contribution in [3.63, 3.8) is 0 Å². The van der Waals surface area contributed by atoms with Crippen LogP contribution in [0.25, 0.3) is 0 Å². The highest BCUT2D eigenvalue weighted by Crippen LogP contribution is 2.51. The summed E-state index contributed by atoms with van der Waals surface area (Å²) >= 11 is 0. The molecular weight excluding hydrogens is 238 g/mol. The number of rotatable bonds is 7. The summed E-state index contributed by atoms with van der Waals surface area (Å²) < 4.78 is 5.44. The maximum Gasteiger partial charge on any atom is 0.220 e. The Hall–Kier alpha value is -1.51. The molecule has 0 spiro atoms. The van der Waals surface area contributed by atoms with Crippen LogP contribution in [0, 0.1) is 11.8 Å². The Morgan fingerprint density at radius 3 is 2.58 bits per heavy atom. The number of hydrogen-bond acceptors (Lipinski definition) is 2. The van der Waals surface area contributed by atoms with Gasteiger partial charge in [0.25, 0.3) is 0 Å². The number of ether oxygens (including phenoxy) is 1. The molecule has 3 unspecified atom stereocenters. The van der Waals surface area contributed by atoms with Gasteiger partial charge in [-0.25, -0.2) is 0 Å². The molecule has 0 heterocycles. The molecule has 104 valence electrons. The fourth-order valence-electron chi connectivity index (χ4n) is 2.74. The van der Waals surface area contributed by atoms with Crippen molar-refractivity contribution >= 4 is 5.91 Å². The standard InChI is InChI=1S/C16H23NO2/c1-3-11(16(17)18)9-13-10-15(13)12-5-7-14(8-6-12)19-4-2/h5-8,11,13,15H,3-4,9-10H2,1-2H3,(H2,17,18). The highest BCUT2D eigenvalue weighted by molar-refractivity contribution is 5.76. The van der Waals surface area contributed by atoms with Crippen molar-refractivity contribution in [3.8, 4) is 5.75 Å². The second-order valence-corrected chi connectivity index (χ2v) is 5.35. The van der Waals surface area contributed by atoms with Crippen LogP contribution in [-0.2, 0) is 4.79 Å². The molecule has 0 saturated heterocycles. The van der Waals surface area contributed by atoms with Gasteiger partial charge in [-0.3, -0.25) is 4.79 Å². The summed E-state index contributed by atoms with van der Waals surface area (Å²) in [5, 5.41) is 0. The molecular formula is C16H23NO2. The first-order valence-corrected chi connectivity index (χ1v) is 7.17. The molecule has 1 aromatic rings. The van der Waals surface area contributed by atoms with E-state index in [4.69, 9.17) is 10.5 Å². The molecule has 0 aliphatic heterocycles. The van der Waals surface area contributed by atoms with Crippen molar-refractivity contribution in [1.82, 2.24) is 0 Å². The highest BCUT2D eigenvalue weighted by atomic mass is 16.5. The minimum atomic E-state index is -0.153. The molecule has 1 aliphatic rings. The monoisotopic (exact) mass is 261 g/mol. The number of carbonyl (C=O) groups excluding carboxylic acids is 1. The molecule has 3 heteroatoms. The first-order chi connectivity index (χ1) is 9.15. The van der Waals surface area contributed by atoms with Crippen molar-refractivity contribution in [2.24, 2.45) is 17.6 Å². The van der Waals surface area contributed by atoms with Gasteiger partial charge in [-0.2, -0.15) is 0 Å². The van der Waals surface area contributed by atoms with E-state index in [1.807, 2.05) is 26.0 Å². The van der Waals surface area contributed by atoms with Crippen molar-refractivity contribution in [3.05, 3.63) is 29.8 Å². The largest absolute Gasteiger partial charge is 0.494 e. The topological polar surface area (TPSA) is 52.3 Å². The molecule has 2 N–H and O–H groups in total. The minimum Gasteiger partial charge on any atom is -0.494 e. The SMILES string of the molecule is CCOc1ccc(C2CC2CC(CC)C(N)=O)cc1. The molecule has 1 aliphatic carbocycles. The van der Waals surface area contributed by atoms with Gasteiger partial charge in [0.2, 0.25) is 5.91 Å². The van der Waals surface area contributed by atoms with E-state index in [1.54, 1.807) is 0 Å². The fourth-order valence-corrected chi connectivity index (χ4v) is 2.74. The Bertz CT molecular complexity index is 427. The van der Waals surface area contributed by atoms with Crippen molar-refractivity contribution in [2.45, 2.75) is 39.0 Å². The third kappa shape index (κ3) is 3.49. The lowest BCUT2D eigenvalue weighted by atomic mass is 9.96. The molecule has 3 nitrogen and oxygen atoms in total. The van der Waals surface area contributed by atoms with Gasteiger partial charge in [-0.15, -0.1) is 0 Å². The molecule has 0 aromatic heterocycles. The Labute approximate surface area is 115 Å². The second kappa shape index (κ2) is 6.09. The maximum absolute atomic E-state index is 11.3. The number of primary amides is 1.